The molecule has 12 aromatic rings. The molecule has 0 atom stereocenters. The van der Waals surface area contributed by atoms with Gasteiger partial charge in [0, 0.05) is 48.3 Å². The summed E-state index contributed by atoms with van der Waals surface area (Å²) in [6.45, 7) is 0. The van der Waals surface area contributed by atoms with Crippen LogP contribution in [0.2, 0.25) is 0 Å². The van der Waals surface area contributed by atoms with Crippen molar-refractivity contribution in [3.05, 3.63) is 200 Å². The molecule has 0 fully saturated rings. The maximum absolute atomic E-state index is 5.22. The second kappa shape index (κ2) is 13.4. The minimum atomic E-state index is 0.632. The second-order valence-electron chi connectivity index (χ2n) is 15.6. The van der Waals surface area contributed by atoms with Crippen molar-refractivity contribution in [1.82, 2.24) is 24.1 Å². The molecule has 6 heteroatoms. The molecular formula is C55H33N5S. The lowest BCUT2D eigenvalue weighted by Gasteiger charge is -2.23. The van der Waals surface area contributed by atoms with E-state index in [4.69, 9.17) is 15.0 Å². The summed E-state index contributed by atoms with van der Waals surface area (Å²) in [5, 5.41) is 8.57. The lowest BCUT2D eigenvalue weighted by molar-refractivity contribution is 1.03. The zero-order valence-electron chi connectivity index (χ0n) is 32.7. The normalized spacial score (nSPS) is 12.2. The number of hydrogen-bond donors (Lipinski definition) is 0. The lowest BCUT2D eigenvalue weighted by atomic mass is 9.99. The van der Waals surface area contributed by atoms with Gasteiger partial charge in [-0.3, -0.25) is 9.13 Å². The van der Waals surface area contributed by atoms with Gasteiger partial charge in [-0.15, -0.1) is 0 Å². The van der Waals surface area contributed by atoms with Crippen molar-refractivity contribution in [2.45, 2.75) is 9.79 Å². The number of benzene rings is 9. The molecule has 61 heavy (non-hydrogen) atoms. The van der Waals surface area contributed by atoms with E-state index in [-0.39, 0.29) is 0 Å². The van der Waals surface area contributed by atoms with Gasteiger partial charge in [0.2, 0.25) is 0 Å². The van der Waals surface area contributed by atoms with Gasteiger partial charge >= 0.3 is 0 Å². The van der Waals surface area contributed by atoms with Gasteiger partial charge in [-0.25, -0.2) is 15.0 Å². The molecule has 0 N–H and O–H groups in total. The van der Waals surface area contributed by atoms with Crippen LogP contribution in [-0.2, 0) is 0 Å². The van der Waals surface area contributed by atoms with E-state index >= 15 is 0 Å². The largest absolute Gasteiger partial charge is 0.295 e. The number of fused-ring (bicyclic) bond motifs is 10. The van der Waals surface area contributed by atoms with Crippen molar-refractivity contribution in [2.75, 3.05) is 0 Å². The Kier molecular flexibility index (Phi) is 7.47. The quantitative estimate of drug-likeness (QED) is 0.163. The van der Waals surface area contributed by atoms with Gasteiger partial charge < -0.3 is 0 Å². The van der Waals surface area contributed by atoms with E-state index in [1.165, 1.54) is 69.9 Å². The minimum Gasteiger partial charge on any atom is -0.295 e. The average Bonchev–Trinajstić information content (AvgIpc) is 3.86. The Morgan fingerprint density at radius 2 is 1.00 bits per heavy atom. The van der Waals surface area contributed by atoms with E-state index in [1.807, 2.05) is 30.0 Å². The predicted molar refractivity (Wildman–Crippen MR) is 252 cm³/mol. The molecular weight excluding hydrogens is 763 g/mol. The van der Waals surface area contributed by atoms with E-state index < -0.39 is 0 Å². The molecule has 5 nitrogen and oxygen atoms in total. The van der Waals surface area contributed by atoms with Crippen LogP contribution in [0.1, 0.15) is 0 Å². The molecule has 0 saturated carbocycles. The van der Waals surface area contributed by atoms with E-state index in [2.05, 4.69) is 191 Å². The molecule has 4 heterocycles. The third kappa shape index (κ3) is 5.26. The molecule has 0 radical (unpaired) electrons. The molecule has 0 unspecified atom stereocenters. The highest BCUT2D eigenvalue weighted by Crippen LogP contribution is 2.52. The second-order valence-corrected chi connectivity index (χ2v) is 16.7. The van der Waals surface area contributed by atoms with E-state index in [0.29, 0.717) is 17.5 Å². The summed E-state index contributed by atoms with van der Waals surface area (Å²) < 4.78 is 4.94. The van der Waals surface area contributed by atoms with Crippen LogP contribution >= 0.6 is 11.8 Å². The van der Waals surface area contributed by atoms with Crippen LogP contribution in [0.25, 0.3) is 111 Å². The Hall–Kier alpha value is -7.80. The summed E-state index contributed by atoms with van der Waals surface area (Å²) in [6, 6.07) is 71.3. The van der Waals surface area contributed by atoms with Crippen molar-refractivity contribution in [1.29, 1.82) is 0 Å². The van der Waals surface area contributed by atoms with Crippen molar-refractivity contribution in [2.24, 2.45) is 0 Å². The first-order chi connectivity index (χ1) is 30.2. The Balaban J connectivity index is 0.996. The standard InChI is InChI=1S/C55H33N5S/c1-3-15-36(16-4-1)52-56-53(58-54(57-52)39-31-30-35-29-28-34-14-7-8-21-41(34)45(35)33-39)38-18-11-17-37(32-38)42-23-12-26-47-51(42)61-48-27-13-24-44-49-43-22-9-10-25-46(43)59(40-19-5-2-6-20-40)55(49)60(47)50(44)48/h1-33H. The van der Waals surface area contributed by atoms with Crippen molar-refractivity contribution < 1.29 is 0 Å². The summed E-state index contributed by atoms with van der Waals surface area (Å²) >= 11 is 1.85. The number of rotatable bonds is 5. The Morgan fingerprint density at radius 1 is 0.393 bits per heavy atom. The fraction of sp³-hybridized carbons (Fsp3) is 0. The number of para-hydroxylation sites is 3. The van der Waals surface area contributed by atoms with Crippen LogP contribution in [0.4, 0.5) is 0 Å². The highest BCUT2D eigenvalue weighted by Gasteiger charge is 2.29. The topological polar surface area (TPSA) is 48.5 Å². The Morgan fingerprint density at radius 3 is 1.84 bits per heavy atom. The lowest BCUT2D eigenvalue weighted by Crippen LogP contribution is -2.06. The summed E-state index contributed by atoms with van der Waals surface area (Å²) in [4.78, 5) is 17.9. The zero-order valence-corrected chi connectivity index (χ0v) is 33.5. The summed E-state index contributed by atoms with van der Waals surface area (Å²) in [5.74, 6) is 1.92. The first-order valence-electron chi connectivity index (χ1n) is 20.5. The molecule has 0 aliphatic carbocycles. The molecule has 1 aliphatic rings. The summed E-state index contributed by atoms with van der Waals surface area (Å²) in [6.07, 6.45) is 0. The van der Waals surface area contributed by atoms with Crippen LogP contribution in [-0.4, -0.2) is 24.1 Å². The maximum Gasteiger partial charge on any atom is 0.164 e. The fourth-order valence-electron chi connectivity index (χ4n) is 9.38. The molecule has 0 spiro atoms. The summed E-state index contributed by atoms with van der Waals surface area (Å²) in [5.41, 5.74) is 11.0. The maximum atomic E-state index is 5.22. The number of nitrogens with zero attached hydrogens (tertiary/aromatic N) is 5. The van der Waals surface area contributed by atoms with Gasteiger partial charge in [-0.2, -0.15) is 0 Å². The predicted octanol–water partition coefficient (Wildman–Crippen LogP) is 14.4. The van der Waals surface area contributed by atoms with Gasteiger partial charge in [0.1, 0.15) is 5.65 Å². The van der Waals surface area contributed by atoms with E-state index in [9.17, 15) is 0 Å². The molecule has 1 aliphatic heterocycles. The smallest absolute Gasteiger partial charge is 0.164 e. The average molecular weight is 796 g/mol. The molecule has 13 rings (SSSR count). The van der Waals surface area contributed by atoms with Crippen LogP contribution in [0.5, 0.6) is 0 Å². The third-order valence-corrected chi connectivity index (χ3v) is 13.3. The Bertz CT molecular complexity index is 3740. The van der Waals surface area contributed by atoms with Crippen LogP contribution in [0, 0.1) is 0 Å². The van der Waals surface area contributed by atoms with Gasteiger partial charge in [0.05, 0.1) is 16.7 Å². The molecule has 0 saturated heterocycles. The van der Waals surface area contributed by atoms with Crippen molar-refractivity contribution in [3.8, 4) is 56.7 Å². The van der Waals surface area contributed by atoms with Gasteiger partial charge in [0.15, 0.2) is 17.5 Å². The molecule has 3 aromatic heterocycles. The van der Waals surface area contributed by atoms with Gasteiger partial charge in [-0.1, -0.05) is 169 Å². The van der Waals surface area contributed by atoms with E-state index in [0.717, 1.165) is 33.5 Å². The van der Waals surface area contributed by atoms with Gasteiger partial charge in [0.25, 0.3) is 0 Å². The first-order valence-corrected chi connectivity index (χ1v) is 21.3. The SMILES string of the molecule is c1ccc(-c2nc(-c3cccc(-c4cccc5c4Sc4cccc6c7c8ccccc8n(-c8ccccc8)c7n-5c46)c3)nc(-c3ccc4ccc5ccccc5c4c3)n2)cc1. The monoisotopic (exact) mass is 795 g/mol. The highest BCUT2D eigenvalue weighted by molar-refractivity contribution is 8.00. The van der Waals surface area contributed by atoms with Crippen LogP contribution in [0.3, 0.4) is 0 Å². The third-order valence-electron chi connectivity index (χ3n) is 12.1. The first kappa shape index (κ1) is 34.1. The van der Waals surface area contributed by atoms with Crippen molar-refractivity contribution in [3.63, 3.8) is 0 Å². The van der Waals surface area contributed by atoms with E-state index in [1.54, 1.807) is 0 Å². The number of hydrogen-bond acceptors (Lipinski definition) is 4. The molecule has 9 aromatic carbocycles. The van der Waals surface area contributed by atoms with Gasteiger partial charge in [-0.05, 0) is 75.1 Å². The molecule has 0 bridgehead atoms. The number of aromatic nitrogens is 5. The fourth-order valence-corrected chi connectivity index (χ4v) is 10.6. The minimum absolute atomic E-state index is 0.632. The van der Waals surface area contributed by atoms with Crippen LogP contribution < -0.4 is 0 Å². The molecule has 284 valence electrons. The zero-order chi connectivity index (χ0) is 40.0. The van der Waals surface area contributed by atoms with Crippen LogP contribution in [0.15, 0.2) is 210 Å². The van der Waals surface area contributed by atoms with Crippen molar-refractivity contribution >= 4 is 66.1 Å². The highest BCUT2D eigenvalue weighted by atomic mass is 32.2. The molecule has 0 amide bonds. The summed E-state index contributed by atoms with van der Waals surface area (Å²) in [7, 11) is 0. The Labute approximate surface area is 355 Å².